The van der Waals surface area contributed by atoms with E-state index in [1.54, 1.807) is 31.3 Å². The van der Waals surface area contributed by atoms with Crippen LogP contribution < -0.4 is 5.32 Å². The van der Waals surface area contributed by atoms with E-state index in [9.17, 15) is 9.59 Å². The molecule has 0 fully saturated rings. The molecular weight excluding hydrogens is 346 g/mol. The molecule has 0 unspecified atom stereocenters. The lowest BCUT2D eigenvalue weighted by Gasteiger charge is -2.05. The number of benzene rings is 1. The molecule has 2 aromatic rings. The second-order valence-corrected chi connectivity index (χ2v) is 5.53. The van der Waals surface area contributed by atoms with Crippen molar-refractivity contribution in [3.8, 4) is 0 Å². The molecule has 0 bridgehead atoms. The zero-order valence-electron chi connectivity index (χ0n) is 10.4. The lowest BCUT2D eigenvalue weighted by atomic mass is 10.2. The maximum Gasteiger partial charge on any atom is 0.259 e. The Bertz CT molecular complexity index is 645. The molecule has 9 heteroatoms. The molecule has 2 rings (SSSR count). The van der Waals surface area contributed by atoms with E-state index in [0.717, 1.165) is 11.8 Å². The van der Waals surface area contributed by atoms with Crippen LogP contribution in [0.3, 0.4) is 0 Å². The highest BCUT2D eigenvalue weighted by molar-refractivity contribution is 9.10. The Hall–Kier alpha value is -1.74. The summed E-state index contributed by atoms with van der Waals surface area (Å²) in [5.41, 5.74) is 0.408. The van der Waals surface area contributed by atoms with Crippen LogP contribution in [0.2, 0.25) is 0 Å². The van der Waals surface area contributed by atoms with Crippen molar-refractivity contribution >= 4 is 39.5 Å². The molecule has 0 atom stereocenters. The van der Waals surface area contributed by atoms with E-state index < -0.39 is 11.8 Å². The van der Waals surface area contributed by atoms with Crippen LogP contribution in [0.4, 0.5) is 0 Å². The molecule has 7 nitrogen and oxygen atoms in total. The number of carbonyl (C=O) groups excluding carboxylic acids is 2. The number of nitrogens with zero attached hydrogens (tertiary/aromatic N) is 4. The van der Waals surface area contributed by atoms with Gasteiger partial charge in [-0.25, -0.2) is 4.68 Å². The van der Waals surface area contributed by atoms with Crippen LogP contribution in [0, 0.1) is 0 Å². The number of hydrogen-bond donors (Lipinski definition) is 1. The molecule has 0 spiro atoms. The highest BCUT2D eigenvalue weighted by atomic mass is 79.9. The largest absolute Gasteiger partial charge is 0.292 e. The van der Waals surface area contributed by atoms with Crippen LogP contribution in [0.15, 0.2) is 33.9 Å². The molecule has 1 aromatic heterocycles. The number of rotatable bonds is 4. The first-order valence-corrected chi connectivity index (χ1v) is 7.29. The summed E-state index contributed by atoms with van der Waals surface area (Å²) in [6, 6.07) is 6.88. The number of aryl methyl sites for hydroxylation is 1. The van der Waals surface area contributed by atoms with Gasteiger partial charge in [0.2, 0.25) is 11.1 Å². The number of imide groups is 1. The fraction of sp³-hybridized carbons (Fsp3) is 0.182. The molecular formula is C11H10BrN5O2S. The molecule has 1 heterocycles. The summed E-state index contributed by atoms with van der Waals surface area (Å²) >= 11 is 4.41. The van der Waals surface area contributed by atoms with E-state index in [1.807, 2.05) is 0 Å². The van der Waals surface area contributed by atoms with Crippen molar-refractivity contribution in [2.24, 2.45) is 7.05 Å². The molecule has 2 amide bonds. The summed E-state index contributed by atoms with van der Waals surface area (Å²) in [4.78, 5) is 23.6. The summed E-state index contributed by atoms with van der Waals surface area (Å²) in [5.74, 6) is -0.789. The first-order valence-electron chi connectivity index (χ1n) is 5.52. The Kier molecular flexibility index (Phi) is 4.85. The lowest BCUT2D eigenvalue weighted by molar-refractivity contribution is -0.117. The number of aromatic nitrogens is 4. The summed E-state index contributed by atoms with van der Waals surface area (Å²) in [6.45, 7) is 0. The second-order valence-electron chi connectivity index (χ2n) is 3.73. The number of thioether (sulfide) groups is 1. The van der Waals surface area contributed by atoms with E-state index in [1.165, 1.54) is 4.68 Å². The van der Waals surface area contributed by atoms with Crippen LogP contribution in [0.25, 0.3) is 0 Å². The minimum absolute atomic E-state index is 0.0599. The van der Waals surface area contributed by atoms with Crippen molar-refractivity contribution in [1.82, 2.24) is 25.5 Å². The number of carbonyl (C=O) groups is 2. The lowest BCUT2D eigenvalue weighted by Crippen LogP contribution is -2.32. The Morgan fingerprint density at radius 3 is 2.80 bits per heavy atom. The van der Waals surface area contributed by atoms with Gasteiger partial charge in [-0.15, -0.1) is 5.10 Å². The first kappa shape index (κ1) is 14.7. The Labute approximate surface area is 127 Å². The maximum atomic E-state index is 11.9. The zero-order valence-corrected chi connectivity index (χ0v) is 12.8. The molecule has 0 aliphatic rings. The van der Waals surface area contributed by atoms with Gasteiger partial charge < -0.3 is 0 Å². The molecule has 1 aromatic carbocycles. The quantitative estimate of drug-likeness (QED) is 0.823. The van der Waals surface area contributed by atoms with Gasteiger partial charge in [0.05, 0.1) is 11.3 Å². The van der Waals surface area contributed by atoms with E-state index in [0.29, 0.717) is 15.2 Å². The van der Waals surface area contributed by atoms with E-state index >= 15 is 0 Å². The predicted molar refractivity (Wildman–Crippen MR) is 76.1 cm³/mol. The molecule has 0 aliphatic carbocycles. The number of amides is 2. The third-order valence-corrected chi connectivity index (χ3v) is 3.99. The highest BCUT2D eigenvalue weighted by Gasteiger charge is 2.14. The van der Waals surface area contributed by atoms with Crippen molar-refractivity contribution in [2.45, 2.75) is 5.16 Å². The van der Waals surface area contributed by atoms with Gasteiger partial charge in [0, 0.05) is 11.5 Å². The van der Waals surface area contributed by atoms with E-state index in [2.05, 4.69) is 36.8 Å². The minimum Gasteiger partial charge on any atom is -0.292 e. The monoisotopic (exact) mass is 355 g/mol. The predicted octanol–water partition coefficient (Wildman–Crippen LogP) is 1.02. The molecule has 104 valence electrons. The average Bonchev–Trinajstić information content (AvgIpc) is 2.82. The average molecular weight is 356 g/mol. The third kappa shape index (κ3) is 3.64. The standard InChI is InChI=1S/C11H10BrN5O2S/c1-17-11(14-15-16-17)20-6-9(18)13-10(19)7-4-2-3-5-8(7)12/h2-5H,6H2,1H3,(H,13,18,19). The molecule has 0 saturated carbocycles. The van der Waals surface area contributed by atoms with E-state index in [-0.39, 0.29) is 5.75 Å². The van der Waals surface area contributed by atoms with Gasteiger partial charge >= 0.3 is 0 Å². The van der Waals surface area contributed by atoms with Gasteiger partial charge in [-0.3, -0.25) is 14.9 Å². The topological polar surface area (TPSA) is 89.8 Å². The zero-order chi connectivity index (χ0) is 14.5. The molecule has 0 radical (unpaired) electrons. The van der Waals surface area contributed by atoms with Crippen molar-refractivity contribution in [3.63, 3.8) is 0 Å². The summed E-state index contributed by atoms with van der Waals surface area (Å²) < 4.78 is 2.09. The minimum atomic E-state index is -0.445. The van der Waals surface area contributed by atoms with Gasteiger partial charge in [0.25, 0.3) is 5.91 Å². The number of hydrogen-bond acceptors (Lipinski definition) is 6. The van der Waals surface area contributed by atoms with Gasteiger partial charge in [0.1, 0.15) is 0 Å². The van der Waals surface area contributed by atoms with Crippen LogP contribution in [0.1, 0.15) is 10.4 Å². The molecule has 0 aliphatic heterocycles. The smallest absolute Gasteiger partial charge is 0.259 e. The Morgan fingerprint density at radius 1 is 1.40 bits per heavy atom. The molecule has 20 heavy (non-hydrogen) atoms. The first-order chi connectivity index (χ1) is 9.58. The Balaban J connectivity index is 1.90. The van der Waals surface area contributed by atoms with Crippen molar-refractivity contribution in [3.05, 3.63) is 34.3 Å². The van der Waals surface area contributed by atoms with Crippen molar-refractivity contribution in [2.75, 3.05) is 5.75 Å². The Morgan fingerprint density at radius 2 is 2.15 bits per heavy atom. The van der Waals surface area contributed by atoms with Gasteiger partial charge in [-0.05, 0) is 38.5 Å². The maximum absolute atomic E-state index is 11.9. The summed E-state index contributed by atoms with van der Waals surface area (Å²) in [7, 11) is 1.67. The number of tetrazole rings is 1. The number of halogens is 1. The van der Waals surface area contributed by atoms with Gasteiger partial charge in [-0.1, -0.05) is 23.9 Å². The third-order valence-electron chi connectivity index (χ3n) is 2.29. The van der Waals surface area contributed by atoms with Gasteiger partial charge in [0.15, 0.2) is 0 Å². The highest BCUT2D eigenvalue weighted by Crippen LogP contribution is 2.16. The fourth-order valence-electron chi connectivity index (χ4n) is 1.35. The van der Waals surface area contributed by atoms with Crippen LogP contribution in [-0.2, 0) is 11.8 Å². The summed E-state index contributed by atoms with van der Waals surface area (Å²) in [5, 5.41) is 13.7. The van der Waals surface area contributed by atoms with Crippen LogP contribution in [-0.4, -0.2) is 37.8 Å². The molecule has 1 N–H and O–H groups in total. The van der Waals surface area contributed by atoms with Crippen LogP contribution >= 0.6 is 27.7 Å². The van der Waals surface area contributed by atoms with Crippen LogP contribution in [0.5, 0.6) is 0 Å². The summed E-state index contributed by atoms with van der Waals surface area (Å²) in [6.07, 6.45) is 0. The normalized spacial score (nSPS) is 10.3. The van der Waals surface area contributed by atoms with E-state index in [4.69, 9.17) is 0 Å². The molecule has 0 saturated heterocycles. The van der Waals surface area contributed by atoms with Crippen molar-refractivity contribution in [1.29, 1.82) is 0 Å². The van der Waals surface area contributed by atoms with Crippen molar-refractivity contribution < 1.29 is 9.59 Å². The fourth-order valence-corrected chi connectivity index (χ4v) is 2.46. The number of nitrogens with one attached hydrogen (secondary N) is 1. The SMILES string of the molecule is Cn1nnnc1SCC(=O)NC(=O)c1ccccc1Br. The second kappa shape index (κ2) is 6.62. The van der Waals surface area contributed by atoms with Gasteiger partial charge in [-0.2, -0.15) is 0 Å².